The topological polar surface area (TPSA) is 64.3 Å². The first-order chi connectivity index (χ1) is 5.66. The summed E-state index contributed by atoms with van der Waals surface area (Å²) >= 11 is 0. The van der Waals surface area contributed by atoms with Crippen LogP contribution in [0, 0.1) is 11.8 Å². The minimum absolute atomic E-state index is 0.0455. The number of carbonyl (C=O) groups excluding carboxylic acids is 1. The zero-order valence-corrected chi connectivity index (χ0v) is 7.54. The molecule has 0 aromatic carbocycles. The molecule has 1 saturated heterocycles. The Morgan fingerprint density at radius 1 is 1.67 bits per heavy atom. The second-order valence-corrected chi connectivity index (χ2v) is 3.31. The van der Waals surface area contributed by atoms with E-state index in [-0.39, 0.29) is 23.8 Å². The molecule has 1 heterocycles. The zero-order valence-electron chi connectivity index (χ0n) is 7.54. The summed E-state index contributed by atoms with van der Waals surface area (Å²) in [5.74, 6) is 0.00903. The number of nitrogens with one attached hydrogen (secondary N) is 1. The molecule has 4 heteroatoms. The normalized spacial score (nSPS) is 31.6. The molecule has 0 aromatic heterocycles. The molecule has 0 radical (unpaired) electrons. The van der Waals surface area contributed by atoms with Gasteiger partial charge in [0, 0.05) is 25.0 Å². The largest absolute Gasteiger partial charge is 0.469 e. The predicted octanol–water partition coefficient (Wildman–Crippen LogP) is -0.658. The molecule has 0 spiro atoms. The Hall–Kier alpha value is -0.610. The van der Waals surface area contributed by atoms with Crippen LogP contribution in [0.5, 0.6) is 0 Å². The summed E-state index contributed by atoms with van der Waals surface area (Å²) in [5, 5.41) is 3.14. The summed E-state index contributed by atoms with van der Waals surface area (Å²) in [4.78, 5) is 11.2. The Bertz CT molecular complexity index is 170. The molecular formula is C8H16N2O2. The summed E-state index contributed by atoms with van der Waals surface area (Å²) in [7, 11) is 1.42. The summed E-state index contributed by atoms with van der Waals surface area (Å²) < 4.78 is 4.68. The molecule has 1 aliphatic heterocycles. The van der Waals surface area contributed by atoms with E-state index in [1.54, 1.807) is 0 Å². The van der Waals surface area contributed by atoms with Crippen LogP contribution in [-0.4, -0.2) is 32.2 Å². The molecular weight excluding hydrogens is 156 g/mol. The number of esters is 1. The lowest BCUT2D eigenvalue weighted by Gasteiger charge is -2.19. The van der Waals surface area contributed by atoms with Crippen LogP contribution >= 0.6 is 0 Å². The van der Waals surface area contributed by atoms with Crippen LogP contribution in [-0.2, 0) is 9.53 Å². The van der Waals surface area contributed by atoms with Crippen molar-refractivity contribution >= 4 is 5.97 Å². The fourth-order valence-corrected chi connectivity index (χ4v) is 1.66. The highest BCUT2D eigenvalue weighted by atomic mass is 16.5. The third-order valence-electron chi connectivity index (χ3n) is 2.44. The fourth-order valence-electron chi connectivity index (χ4n) is 1.66. The van der Waals surface area contributed by atoms with E-state index < -0.39 is 0 Å². The SMILES string of the molecule is COC(=O)C1CNCC1C(C)N. The van der Waals surface area contributed by atoms with Gasteiger partial charge in [-0.1, -0.05) is 0 Å². The van der Waals surface area contributed by atoms with Crippen LogP contribution in [0.3, 0.4) is 0 Å². The van der Waals surface area contributed by atoms with Gasteiger partial charge >= 0.3 is 5.97 Å². The highest BCUT2D eigenvalue weighted by Gasteiger charge is 2.35. The predicted molar refractivity (Wildman–Crippen MR) is 45.5 cm³/mol. The van der Waals surface area contributed by atoms with Gasteiger partial charge in [-0.05, 0) is 6.92 Å². The molecule has 1 rings (SSSR count). The summed E-state index contributed by atoms with van der Waals surface area (Å²) in [5.41, 5.74) is 5.73. The van der Waals surface area contributed by atoms with Crippen LogP contribution < -0.4 is 11.1 Å². The van der Waals surface area contributed by atoms with Gasteiger partial charge in [0.25, 0.3) is 0 Å². The van der Waals surface area contributed by atoms with Crippen LogP contribution in [0.1, 0.15) is 6.92 Å². The lowest BCUT2D eigenvalue weighted by Crippen LogP contribution is -2.35. The minimum Gasteiger partial charge on any atom is -0.469 e. The number of ether oxygens (including phenoxy) is 1. The Morgan fingerprint density at radius 3 is 2.83 bits per heavy atom. The Labute approximate surface area is 72.5 Å². The Morgan fingerprint density at radius 2 is 2.33 bits per heavy atom. The number of hydrogen-bond acceptors (Lipinski definition) is 4. The standard InChI is InChI=1S/C8H16N2O2/c1-5(9)6-3-10-4-7(6)8(11)12-2/h5-7,10H,3-4,9H2,1-2H3. The smallest absolute Gasteiger partial charge is 0.310 e. The van der Waals surface area contributed by atoms with E-state index in [4.69, 9.17) is 5.73 Å². The minimum atomic E-state index is -0.151. The maximum Gasteiger partial charge on any atom is 0.310 e. The van der Waals surface area contributed by atoms with Crippen LogP contribution in [0.25, 0.3) is 0 Å². The first kappa shape index (κ1) is 9.48. The highest BCUT2D eigenvalue weighted by Crippen LogP contribution is 2.20. The maximum atomic E-state index is 11.2. The third kappa shape index (κ3) is 1.76. The van der Waals surface area contributed by atoms with E-state index in [0.717, 1.165) is 6.54 Å². The molecule has 1 aliphatic rings. The van der Waals surface area contributed by atoms with Crippen molar-refractivity contribution in [2.75, 3.05) is 20.2 Å². The van der Waals surface area contributed by atoms with Gasteiger partial charge in [-0.3, -0.25) is 4.79 Å². The van der Waals surface area contributed by atoms with E-state index in [1.165, 1.54) is 7.11 Å². The molecule has 3 unspecified atom stereocenters. The fraction of sp³-hybridized carbons (Fsp3) is 0.875. The van der Waals surface area contributed by atoms with Gasteiger partial charge in [-0.15, -0.1) is 0 Å². The lowest BCUT2D eigenvalue weighted by molar-refractivity contribution is -0.146. The van der Waals surface area contributed by atoms with Crippen molar-refractivity contribution in [3.63, 3.8) is 0 Å². The quantitative estimate of drug-likeness (QED) is 0.543. The van der Waals surface area contributed by atoms with Crippen molar-refractivity contribution in [3.05, 3.63) is 0 Å². The highest BCUT2D eigenvalue weighted by molar-refractivity contribution is 5.73. The van der Waals surface area contributed by atoms with Crippen molar-refractivity contribution in [1.29, 1.82) is 0 Å². The number of hydrogen-bond donors (Lipinski definition) is 2. The van der Waals surface area contributed by atoms with Gasteiger partial charge in [0.05, 0.1) is 13.0 Å². The van der Waals surface area contributed by atoms with E-state index in [0.29, 0.717) is 6.54 Å². The van der Waals surface area contributed by atoms with E-state index in [1.807, 2.05) is 6.92 Å². The zero-order chi connectivity index (χ0) is 9.14. The van der Waals surface area contributed by atoms with E-state index in [9.17, 15) is 4.79 Å². The molecule has 3 atom stereocenters. The summed E-state index contributed by atoms with van der Waals surface area (Å²) in [6.45, 7) is 3.43. The van der Waals surface area contributed by atoms with Crippen LogP contribution in [0.4, 0.5) is 0 Å². The van der Waals surface area contributed by atoms with Crippen molar-refractivity contribution in [1.82, 2.24) is 5.32 Å². The molecule has 3 N–H and O–H groups in total. The van der Waals surface area contributed by atoms with E-state index >= 15 is 0 Å². The second kappa shape index (κ2) is 3.87. The van der Waals surface area contributed by atoms with Crippen LogP contribution in [0.15, 0.2) is 0 Å². The van der Waals surface area contributed by atoms with Gasteiger partial charge in [-0.25, -0.2) is 0 Å². The third-order valence-corrected chi connectivity index (χ3v) is 2.44. The van der Waals surface area contributed by atoms with Crippen molar-refractivity contribution < 1.29 is 9.53 Å². The molecule has 12 heavy (non-hydrogen) atoms. The average Bonchev–Trinajstić information content (AvgIpc) is 2.50. The first-order valence-electron chi connectivity index (χ1n) is 4.21. The van der Waals surface area contributed by atoms with Crippen molar-refractivity contribution in [2.24, 2.45) is 17.6 Å². The number of rotatable bonds is 2. The molecule has 0 saturated carbocycles. The van der Waals surface area contributed by atoms with Gasteiger partial charge in [0.15, 0.2) is 0 Å². The number of methoxy groups -OCH3 is 1. The molecule has 4 nitrogen and oxygen atoms in total. The van der Waals surface area contributed by atoms with Gasteiger partial charge in [0.1, 0.15) is 0 Å². The molecule has 0 amide bonds. The lowest BCUT2D eigenvalue weighted by atomic mass is 9.90. The van der Waals surface area contributed by atoms with Gasteiger partial charge < -0.3 is 15.8 Å². The molecule has 0 aliphatic carbocycles. The Balaban J connectivity index is 2.57. The number of nitrogens with two attached hydrogens (primary N) is 1. The maximum absolute atomic E-state index is 11.2. The summed E-state index contributed by atoms with van der Waals surface area (Å²) in [6.07, 6.45) is 0. The van der Waals surface area contributed by atoms with Crippen molar-refractivity contribution in [2.45, 2.75) is 13.0 Å². The van der Waals surface area contributed by atoms with Crippen molar-refractivity contribution in [3.8, 4) is 0 Å². The Kier molecular flexibility index (Phi) is 3.05. The molecule has 0 aromatic rings. The monoisotopic (exact) mass is 172 g/mol. The van der Waals surface area contributed by atoms with Gasteiger partial charge in [0.2, 0.25) is 0 Å². The van der Waals surface area contributed by atoms with E-state index in [2.05, 4.69) is 10.1 Å². The summed E-state index contributed by atoms with van der Waals surface area (Å²) in [6, 6.07) is 0.0455. The first-order valence-corrected chi connectivity index (χ1v) is 4.21. The second-order valence-electron chi connectivity index (χ2n) is 3.31. The number of carbonyl (C=O) groups is 1. The molecule has 1 fully saturated rings. The molecule has 70 valence electrons. The van der Waals surface area contributed by atoms with Crippen LogP contribution in [0.2, 0.25) is 0 Å². The average molecular weight is 172 g/mol. The molecule has 0 bridgehead atoms. The van der Waals surface area contributed by atoms with Gasteiger partial charge in [-0.2, -0.15) is 0 Å².